The van der Waals surface area contributed by atoms with Crippen molar-refractivity contribution in [3.8, 4) is 0 Å². The number of amides is 2. The summed E-state index contributed by atoms with van der Waals surface area (Å²) < 4.78 is 1.89. The number of halogens is 1. The van der Waals surface area contributed by atoms with Crippen molar-refractivity contribution in [1.82, 2.24) is 14.9 Å². The predicted molar refractivity (Wildman–Crippen MR) is 119 cm³/mol. The van der Waals surface area contributed by atoms with Crippen molar-refractivity contribution in [3.63, 3.8) is 0 Å². The summed E-state index contributed by atoms with van der Waals surface area (Å²) in [4.78, 5) is 26.5. The van der Waals surface area contributed by atoms with E-state index in [9.17, 15) is 14.7 Å². The molecule has 0 saturated carbocycles. The Morgan fingerprint density at radius 2 is 2.00 bits per heavy atom. The number of hydrogen-bond donors (Lipinski definition) is 3. The third kappa shape index (κ3) is 5.55. The second-order valence-electron chi connectivity index (χ2n) is 7.25. The first kappa shape index (κ1) is 22.6. The second-order valence-corrected chi connectivity index (χ2v) is 8.89. The van der Waals surface area contributed by atoms with Crippen molar-refractivity contribution >= 4 is 35.4 Å². The first-order valence-corrected chi connectivity index (χ1v) is 11.0. The molecule has 2 amide bonds. The molecule has 0 bridgehead atoms. The van der Waals surface area contributed by atoms with Gasteiger partial charge in [-0.3, -0.25) is 9.59 Å². The summed E-state index contributed by atoms with van der Waals surface area (Å²) in [7, 11) is 1.86. The van der Waals surface area contributed by atoms with E-state index in [1.54, 1.807) is 6.92 Å². The lowest BCUT2D eigenvalue weighted by molar-refractivity contribution is -0.132. The highest BCUT2D eigenvalue weighted by Crippen LogP contribution is 2.35. The molecule has 8 heteroatoms. The van der Waals surface area contributed by atoms with Crippen LogP contribution in [-0.4, -0.2) is 53.0 Å². The molecular formula is C22H26ClN3O3S. The van der Waals surface area contributed by atoms with Gasteiger partial charge in [-0.05, 0) is 68.1 Å². The molecule has 0 radical (unpaired) electrons. The van der Waals surface area contributed by atoms with Crippen molar-refractivity contribution in [2.75, 3.05) is 13.6 Å². The summed E-state index contributed by atoms with van der Waals surface area (Å²) in [5.41, 5.74) is 1.93. The Balaban J connectivity index is 1.77. The van der Waals surface area contributed by atoms with E-state index in [4.69, 9.17) is 11.6 Å². The molecule has 160 valence electrons. The Kier molecular flexibility index (Phi) is 7.77. The van der Waals surface area contributed by atoms with Crippen LogP contribution in [0.4, 0.5) is 0 Å². The van der Waals surface area contributed by atoms with Gasteiger partial charge < -0.3 is 15.7 Å². The van der Waals surface area contributed by atoms with E-state index in [1.807, 2.05) is 59.9 Å². The summed E-state index contributed by atoms with van der Waals surface area (Å²) in [6, 6.07) is 14.0. The van der Waals surface area contributed by atoms with E-state index in [-0.39, 0.29) is 5.91 Å². The van der Waals surface area contributed by atoms with Crippen molar-refractivity contribution in [2.24, 2.45) is 0 Å². The average Bonchev–Trinajstić information content (AvgIpc) is 2.73. The standard InChI is InChI=1S/C22H26ClN3O3S/c1-3-24-22(29)20(27)17(11-14-7-5-4-6-8-14)25-21(28)18-13-15-12-16(23)9-10-19(15)30-26(18)2/h4-10,12,17-18,20,27H,3,11,13H2,1-2H3,(H,24,29)(H,25,28)/t17-,18-,20+/m0/s1. The Labute approximate surface area is 186 Å². The number of carbonyl (C=O) groups excluding carboxylic acids is 2. The van der Waals surface area contributed by atoms with Crippen LogP contribution in [0.25, 0.3) is 0 Å². The van der Waals surface area contributed by atoms with E-state index >= 15 is 0 Å². The molecule has 0 aliphatic carbocycles. The van der Waals surface area contributed by atoms with Gasteiger partial charge in [-0.15, -0.1) is 0 Å². The van der Waals surface area contributed by atoms with Crippen molar-refractivity contribution < 1.29 is 14.7 Å². The third-order valence-electron chi connectivity index (χ3n) is 5.05. The van der Waals surface area contributed by atoms with Gasteiger partial charge >= 0.3 is 0 Å². The number of aliphatic hydroxyl groups is 1. The van der Waals surface area contributed by atoms with E-state index in [2.05, 4.69) is 10.6 Å². The monoisotopic (exact) mass is 447 g/mol. The zero-order chi connectivity index (χ0) is 21.7. The van der Waals surface area contributed by atoms with Crippen LogP contribution in [0.5, 0.6) is 0 Å². The fraction of sp³-hybridized carbons (Fsp3) is 0.364. The van der Waals surface area contributed by atoms with Crippen LogP contribution >= 0.6 is 23.5 Å². The molecule has 0 spiro atoms. The Morgan fingerprint density at radius 1 is 1.27 bits per heavy atom. The van der Waals surface area contributed by atoms with Gasteiger partial charge in [0.1, 0.15) is 6.04 Å². The molecule has 0 unspecified atom stereocenters. The maximum absolute atomic E-state index is 13.1. The maximum Gasteiger partial charge on any atom is 0.250 e. The molecule has 30 heavy (non-hydrogen) atoms. The van der Waals surface area contributed by atoms with E-state index in [0.29, 0.717) is 24.4 Å². The average molecular weight is 448 g/mol. The van der Waals surface area contributed by atoms with Gasteiger partial charge in [0, 0.05) is 16.5 Å². The molecule has 0 saturated heterocycles. The SMILES string of the molecule is CCNC(=O)[C@H](O)[C@H](Cc1ccccc1)NC(=O)[C@@H]1Cc2cc(Cl)ccc2SN1C. The van der Waals surface area contributed by atoms with Crippen LogP contribution in [0, 0.1) is 0 Å². The third-order valence-corrected chi connectivity index (χ3v) is 6.42. The lowest BCUT2D eigenvalue weighted by Gasteiger charge is -2.33. The molecular weight excluding hydrogens is 422 g/mol. The fourth-order valence-corrected chi connectivity index (χ4v) is 4.65. The second kappa shape index (κ2) is 10.3. The first-order chi connectivity index (χ1) is 14.4. The highest BCUT2D eigenvalue weighted by atomic mass is 35.5. The molecule has 3 N–H and O–H groups in total. The van der Waals surface area contributed by atoms with Crippen LogP contribution in [0.1, 0.15) is 18.1 Å². The van der Waals surface area contributed by atoms with Crippen LogP contribution in [0.15, 0.2) is 53.4 Å². The van der Waals surface area contributed by atoms with Gasteiger partial charge in [-0.25, -0.2) is 4.31 Å². The Hall–Kier alpha value is -2.06. The number of carbonyl (C=O) groups is 2. The van der Waals surface area contributed by atoms with Crippen molar-refractivity contribution in [1.29, 1.82) is 0 Å². The lowest BCUT2D eigenvalue weighted by atomic mass is 9.99. The highest BCUT2D eigenvalue weighted by Gasteiger charge is 2.34. The number of rotatable bonds is 7. The number of hydrogen-bond acceptors (Lipinski definition) is 5. The summed E-state index contributed by atoms with van der Waals surface area (Å²) in [5.74, 6) is -0.734. The molecule has 3 rings (SSSR count). The zero-order valence-electron chi connectivity index (χ0n) is 17.0. The number of fused-ring (bicyclic) bond motifs is 1. The minimum Gasteiger partial charge on any atom is -0.381 e. The summed E-state index contributed by atoms with van der Waals surface area (Å²) in [6.45, 7) is 2.19. The van der Waals surface area contributed by atoms with Gasteiger partial charge in [-0.2, -0.15) is 0 Å². The van der Waals surface area contributed by atoms with Crippen LogP contribution in [-0.2, 0) is 22.4 Å². The maximum atomic E-state index is 13.1. The van der Waals surface area contributed by atoms with Gasteiger partial charge in [0.2, 0.25) is 5.91 Å². The van der Waals surface area contributed by atoms with Crippen molar-refractivity contribution in [2.45, 2.75) is 42.8 Å². The fourth-order valence-electron chi connectivity index (χ4n) is 3.46. The smallest absolute Gasteiger partial charge is 0.250 e. The normalized spacial score (nSPS) is 18.2. The topological polar surface area (TPSA) is 81.7 Å². The summed E-state index contributed by atoms with van der Waals surface area (Å²) in [6.07, 6.45) is -0.505. The summed E-state index contributed by atoms with van der Waals surface area (Å²) >= 11 is 7.60. The Morgan fingerprint density at radius 3 is 2.70 bits per heavy atom. The molecule has 1 aliphatic rings. The largest absolute Gasteiger partial charge is 0.381 e. The molecule has 0 fully saturated rings. The molecule has 1 heterocycles. The summed E-state index contributed by atoms with van der Waals surface area (Å²) in [5, 5.41) is 16.8. The number of nitrogens with zero attached hydrogens (tertiary/aromatic N) is 1. The molecule has 6 nitrogen and oxygen atoms in total. The van der Waals surface area contributed by atoms with Gasteiger partial charge in [0.05, 0.1) is 6.04 Å². The van der Waals surface area contributed by atoms with Crippen LogP contribution < -0.4 is 10.6 Å². The molecule has 2 aromatic rings. The number of likely N-dealkylation sites (N-methyl/N-ethyl adjacent to an activating group) is 2. The van der Waals surface area contributed by atoms with E-state index in [0.717, 1.165) is 16.0 Å². The molecule has 2 aromatic carbocycles. The highest BCUT2D eigenvalue weighted by molar-refractivity contribution is 7.97. The van der Waals surface area contributed by atoms with E-state index < -0.39 is 24.1 Å². The number of benzene rings is 2. The minimum absolute atomic E-state index is 0.236. The Bertz CT molecular complexity index is 896. The van der Waals surface area contributed by atoms with Gasteiger partial charge in [0.15, 0.2) is 6.10 Å². The zero-order valence-corrected chi connectivity index (χ0v) is 18.5. The first-order valence-electron chi connectivity index (χ1n) is 9.88. The van der Waals surface area contributed by atoms with Crippen LogP contribution in [0.2, 0.25) is 5.02 Å². The minimum atomic E-state index is -1.35. The predicted octanol–water partition coefficient (Wildman–Crippen LogP) is 2.43. The molecule has 0 aromatic heterocycles. The van der Waals surface area contributed by atoms with Crippen LogP contribution in [0.3, 0.4) is 0 Å². The van der Waals surface area contributed by atoms with E-state index in [1.165, 1.54) is 11.9 Å². The molecule has 3 atom stereocenters. The number of nitrogens with one attached hydrogen (secondary N) is 2. The number of aliphatic hydroxyl groups excluding tert-OH is 1. The van der Waals surface area contributed by atoms with Gasteiger partial charge in [-0.1, -0.05) is 41.9 Å². The molecule has 1 aliphatic heterocycles. The quantitative estimate of drug-likeness (QED) is 0.568. The van der Waals surface area contributed by atoms with Crippen molar-refractivity contribution in [3.05, 3.63) is 64.7 Å². The lowest BCUT2D eigenvalue weighted by Crippen LogP contribution is -2.56. The van der Waals surface area contributed by atoms with Gasteiger partial charge in [0.25, 0.3) is 5.91 Å².